The lowest BCUT2D eigenvalue weighted by atomic mass is 9.66. The van der Waals surface area contributed by atoms with Crippen LogP contribution in [0.5, 0.6) is 0 Å². The van der Waals surface area contributed by atoms with Crippen LogP contribution in [-0.2, 0) is 19.2 Å². The van der Waals surface area contributed by atoms with E-state index in [1.807, 2.05) is 27.7 Å². The Kier molecular flexibility index (Phi) is 20.3. The van der Waals surface area contributed by atoms with Crippen molar-refractivity contribution in [3.05, 3.63) is 0 Å². The summed E-state index contributed by atoms with van der Waals surface area (Å²) in [7, 11) is 0. The third kappa shape index (κ3) is 17.4. The molecule has 0 atom stereocenters. The highest BCUT2D eigenvalue weighted by atomic mass is 16.4. The van der Waals surface area contributed by atoms with E-state index in [1.54, 1.807) is 0 Å². The van der Waals surface area contributed by atoms with Crippen molar-refractivity contribution in [1.29, 1.82) is 0 Å². The largest absolute Gasteiger partial charge is 0.481 e. The monoisotopic (exact) mass is 488 g/mol. The lowest BCUT2D eigenvalue weighted by Gasteiger charge is -2.37. The van der Waals surface area contributed by atoms with E-state index in [2.05, 4.69) is 0 Å². The summed E-state index contributed by atoms with van der Waals surface area (Å²) in [6, 6.07) is 0. The Morgan fingerprint density at radius 2 is 0.765 bits per heavy atom. The lowest BCUT2D eigenvalue weighted by Crippen LogP contribution is -2.41. The first-order valence-electron chi connectivity index (χ1n) is 12.8. The molecule has 0 aromatic carbocycles. The van der Waals surface area contributed by atoms with Gasteiger partial charge in [0.1, 0.15) is 0 Å². The molecule has 0 aliphatic carbocycles. The molecular weight excluding hydrogens is 440 g/mol. The van der Waals surface area contributed by atoms with Gasteiger partial charge < -0.3 is 20.4 Å². The Labute approximate surface area is 205 Å². The van der Waals surface area contributed by atoms with Gasteiger partial charge in [-0.2, -0.15) is 0 Å². The molecule has 0 unspecified atom stereocenters. The first kappa shape index (κ1) is 34.0. The van der Waals surface area contributed by atoms with Crippen LogP contribution in [0.15, 0.2) is 0 Å². The van der Waals surface area contributed by atoms with Gasteiger partial charge in [-0.1, -0.05) is 79.1 Å². The Bertz CT molecular complexity index is 555. The van der Waals surface area contributed by atoms with Crippen LogP contribution in [0.25, 0.3) is 0 Å². The number of carboxylic acid groups (broad SMARTS) is 4. The second-order valence-corrected chi connectivity index (χ2v) is 9.73. The van der Waals surface area contributed by atoms with Gasteiger partial charge in [0.2, 0.25) is 0 Å². The van der Waals surface area contributed by atoms with Crippen LogP contribution in [0.3, 0.4) is 0 Å². The van der Waals surface area contributed by atoms with Crippen LogP contribution < -0.4 is 0 Å². The molecule has 0 amide bonds. The average molecular weight is 489 g/mol. The normalized spacial score (nSPS) is 11.2. The van der Waals surface area contributed by atoms with Crippen LogP contribution in [0.4, 0.5) is 0 Å². The fourth-order valence-corrected chi connectivity index (χ4v) is 4.33. The molecule has 0 aliphatic heterocycles. The van der Waals surface area contributed by atoms with Gasteiger partial charge in [-0.25, -0.2) is 0 Å². The number of unbranched alkanes of at least 4 members (excludes halogenated alkanes) is 9. The van der Waals surface area contributed by atoms with Crippen LogP contribution >= 0.6 is 0 Å². The van der Waals surface area contributed by atoms with Gasteiger partial charge in [-0.05, 0) is 37.5 Å². The second kappa shape index (κ2) is 20.3. The third-order valence-electron chi connectivity index (χ3n) is 6.47. The number of carboxylic acids is 4. The zero-order valence-electron chi connectivity index (χ0n) is 21.7. The van der Waals surface area contributed by atoms with Gasteiger partial charge in [0.15, 0.2) is 0 Å². The molecule has 0 spiro atoms. The van der Waals surface area contributed by atoms with Gasteiger partial charge in [-0.15, -0.1) is 0 Å². The van der Waals surface area contributed by atoms with Crippen molar-refractivity contribution in [2.24, 2.45) is 17.3 Å². The molecule has 0 rings (SSSR count). The van der Waals surface area contributed by atoms with Crippen LogP contribution in [-0.4, -0.2) is 44.3 Å². The Morgan fingerprint density at radius 3 is 1.00 bits per heavy atom. The zero-order valence-corrected chi connectivity index (χ0v) is 21.7. The highest BCUT2D eigenvalue weighted by Crippen LogP contribution is 2.41. The van der Waals surface area contributed by atoms with Gasteiger partial charge in [0, 0.05) is 19.3 Å². The maximum Gasteiger partial charge on any atom is 0.310 e. The lowest BCUT2D eigenvalue weighted by molar-refractivity contribution is -0.156. The molecule has 0 aromatic rings. The predicted molar refractivity (Wildman–Crippen MR) is 132 cm³/mol. The van der Waals surface area contributed by atoms with E-state index in [9.17, 15) is 24.3 Å². The van der Waals surface area contributed by atoms with E-state index >= 15 is 0 Å². The summed E-state index contributed by atoms with van der Waals surface area (Å²) in [6.07, 6.45) is 11.3. The first-order valence-corrected chi connectivity index (χ1v) is 12.8. The quantitative estimate of drug-likeness (QED) is 0.143. The average Bonchev–Trinajstić information content (AvgIpc) is 2.71. The summed E-state index contributed by atoms with van der Waals surface area (Å²) in [6.45, 7) is 7.95. The summed E-state index contributed by atoms with van der Waals surface area (Å²) < 4.78 is 0. The first-order chi connectivity index (χ1) is 15.9. The molecule has 4 N–H and O–H groups in total. The van der Waals surface area contributed by atoms with Gasteiger partial charge >= 0.3 is 23.9 Å². The molecule has 0 saturated heterocycles. The van der Waals surface area contributed by atoms with Gasteiger partial charge in [0.05, 0.1) is 5.41 Å². The summed E-state index contributed by atoms with van der Waals surface area (Å²) in [5.74, 6) is -2.67. The molecule has 0 aromatic heterocycles. The molecule has 8 nitrogen and oxygen atoms in total. The summed E-state index contributed by atoms with van der Waals surface area (Å²) in [4.78, 5) is 42.3. The van der Waals surface area contributed by atoms with Crippen LogP contribution in [0, 0.1) is 17.3 Å². The van der Waals surface area contributed by atoms with Crippen LogP contribution in [0.2, 0.25) is 0 Å². The van der Waals surface area contributed by atoms with Crippen molar-refractivity contribution >= 4 is 23.9 Å². The van der Waals surface area contributed by atoms with Gasteiger partial charge in [-0.3, -0.25) is 19.2 Å². The van der Waals surface area contributed by atoms with E-state index in [0.29, 0.717) is 12.8 Å². The maximum atomic E-state index is 11.7. The number of rotatable bonds is 20. The summed E-state index contributed by atoms with van der Waals surface area (Å²) in [5.41, 5.74) is -0.638. The molecule has 0 radical (unpaired) electrons. The standard InChI is InChI=1S/C16H30O4.C10H18O4/c1-12(2)16(13(3)4,15(19)20)11-9-7-5-6-8-10-14(17)18;11-9(12)7-5-3-1-2-4-6-8-10(13)14/h12-13H,5-11H2,1-4H3,(H,17,18)(H,19,20);1-8H2,(H,11,12)(H,13,14). The number of carbonyl (C=O) groups is 4. The zero-order chi connectivity index (χ0) is 26.6. The molecule has 0 aliphatic rings. The molecule has 0 bridgehead atoms. The predicted octanol–water partition coefficient (Wildman–Crippen LogP) is 6.46. The minimum absolute atomic E-state index is 0.118. The van der Waals surface area contributed by atoms with E-state index in [0.717, 1.165) is 64.2 Å². The molecule has 34 heavy (non-hydrogen) atoms. The number of hydrogen-bond acceptors (Lipinski definition) is 4. The fourth-order valence-electron chi connectivity index (χ4n) is 4.33. The van der Waals surface area contributed by atoms with Crippen molar-refractivity contribution < 1.29 is 39.6 Å². The Hall–Kier alpha value is -2.12. The molecule has 0 heterocycles. The molecule has 0 saturated carbocycles. The summed E-state index contributed by atoms with van der Waals surface area (Å²) >= 11 is 0. The number of aliphatic carboxylic acids is 4. The molecule has 8 heteroatoms. The third-order valence-corrected chi connectivity index (χ3v) is 6.47. The highest BCUT2D eigenvalue weighted by Gasteiger charge is 2.43. The summed E-state index contributed by atoms with van der Waals surface area (Å²) in [5, 5.41) is 34.8. The maximum absolute atomic E-state index is 11.7. The van der Waals surface area contributed by atoms with Crippen LogP contribution in [0.1, 0.15) is 124 Å². The number of hydrogen-bond donors (Lipinski definition) is 4. The topological polar surface area (TPSA) is 149 Å². The van der Waals surface area contributed by atoms with E-state index in [1.165, 1.54) is 0 Å². The smallest absolute Gasteiger partial charge is 0.310 e. The van der Waals surface area contributed by atoms with E-state index in [4.69, 9.17) is 15.3 Å². The fraction of sp³-hybridized carbons (Fsp3) is 0.846. The van der Waals surface area contributed by atoms with Gasteiger partial charge in [0.25, 0.3) is 0 Å². The minimum Gasteiger partial charge on any atom is -0.481 e. The minimum atomic E-state index is -0.741. The van der Waals surface area contributed by atoms with Crippen molar-refractivity contribution in [1.82, 2.24) is 0 Å². The Morgan fingerprint density at radius 1 is 0.500 bits per heavy atom. The van der Waals surface area contributed by atoms with Crippen molar-refractivity contribution in [2.75, 3.05) is 0 Å². The second-order valence-electron chi connectivity index (χ2n) is 9.73. The Balaban J connectivity index is 0. The SMILES string of the molecule is CC(C)C(CCCCCCCC(=O)O)(C(=O)O)C(C)C.O=C(O)CCCCCCCCC(=O)O. The molecule has 0 fully saturated rings. The molecular formula is C26H48O8. The highest BCUT2D eigenvalue weighted by molar-refractivity contribution is 5.75. The van der Waals surface area contributed by atoms with Crippen molar-refractivity contribution in [3.63, 3.8) is 0 Å². The van der Waals surface area contributed by atoms with Crippen molar-refractivity contribution in [3.8, 4) is 0 Å². The molecule has 200 valence electrons. The van der Waals surface area contributed by atoms with Crippen molar-refractivity contribution in [2.45, 2.75) is 124 Å². The van der Waals surface area contributed by atoms with E-state index < -0.39 is 29.3 Å². The van der Waals surface area contributed by atoms with E-state index in [-0.39, 0.29) is 31.1 Å².